The van der Waals surface area contributed by atoms with Crippen molar-refractivity contribution in [3.05, 3.63) is 18.2 Å². The van der Waals surface area contributed by atoms with Crippen LogP contribution in [0.3, 0.4) is 0 Å². The molecule has 2 aliphatic rings. The van der Waals surface area contributed by atoms with Crippen LogP contribution < -0.4 is 20.7 Å². The average molecular weight is 289 g/mol. The van der Waals surface area contributed by atoms with E-state index in [0.29, 0.717) is 18.8 Å². The first-order valence-electron chi connectivity index (χ1n) is 7.78. The summed E-state index contributed by atoms with van der Waals surface area (Å²) in [5.74, 6) is 1.02. The molecule has 114 valence electrons. The molecule has 2 unspecified atom stereocenters. The van der Waals surface area contributed by atoms with Gasteiger partial charge in [-0.25, -0.2) is 0 Å². The number of nitrogens with two attached hydrogens (primary N) is 1. The molecule has 0 spiro atoms. The molecule has 0 aliphatic carbocycles. The smallest absolute Gasteiger partial charge is 0.225 e. The number of nitrogens with zero attached hydrogens (tertiary/aromatic N) is 1. The number of anilines is 2. The van der Waals surface area contributed by atoms with Crippen LogP contribution in [0.1, 0.15) is 26.2 Å². The van der Waals surface area contributed by atoms with Gasteiger partial charge in [0.1, 0.15) is 5.75 Å². The number of para-hydroxylation sites is 1. The monoisotopic (exact) mass is 289 g/mol. The number of carbonyl (C=O) groups is 1. The van der Waals surface area contributed by atoms with Crippen molar-refractivity contribution in [3.63, 3.8) is 0 Å². The number of nitrogen functional groups attached to an aromatic ring is 1. The molecule has 2 saturated heterocycles. The Morgan fingerprint density at radius 3 is 3.14 bits per heavy atom. The zero-order chi connectivity index (χ0) is 14.8. The number of hydrogen-bond acceptors (Lipinski definition) is 4. The van der Waals surface area contributed by atoms with E-state index >= 15 is 0 Å². The lowest BCUT2D eigenvalue weighted by atomic mass is 9.91. The number of ether oxygens (including phenoxy) is 1. The second-order valence-electron chi connectivity index (χ2n) is 5.79. The zero-order valence-corrected chi connectivity index (χ0v) is 12.5. The van der Waals surface area contributed by atoms with Crippen LogP contribution in [-0.4, -0.2) is 31.6 Å². The van der Waals surface area contributed by atoms with Crippen LogP contribution >= 0.6 is 0 Å². The SMILES string of the molecule is CCCOc1cccc(N2CCCC3C(=O)NCC32)c1N. The van der Waals surface area contributed by atoms with Gasteiger partial charge in [0, 0.05) is 13.1 Å². The molecule has 0 saturated carbocycles. The second kappa shape index (κ2) is 5.84. The van der Waals surface area contributed by atoms with Crippen molar-refractivity contribution in [3.8, 4) is 5.75 Å². The number of carbonyl (C=O) groups excluding carboxylic acids is 1. The number of hydrogen-bond donors (Lipinski definition) is 2. The number of fused-ring (bicyclic) bond motifs is 1. The van der Waals surface area contributed by atoms with Gasteiger partial charge in [-0.05, 0) is 31.4 Å². The molecule has 1 aromatic carbocycles. The lowest BCUT2D eigenvalue weighted by Crippen LogP contribution is -2.46. The maximum absolute atomic E-state index is 11.9. The van der Waals surface area contributed by atoms with Gasteiger partial charge in [-0.2, -0.15) is 0 Å². The fraction of sp³-hybridized carbons (Fsp3) is 0.562. The Labute approximate surface area is 125 Å². The lowest BCUT2D eigenvalue weighted by molar-refractivity contribution is -0.122. The van der Waals surface area contributed by atoms with E-state index in [9.17, 15) is 4.79 Å². The van der Waals surface area contributed by atoms with Gasteiger partial charge < -0.3 is 20.7 Å². The topological polar surface area (TPSA) is 67.6 Å². The van der Waals surface area contributed by atoms with Crippen molar-refractivity contribution in [1.82, 2.24) is 5.32 Å². The third-order valence-corrected chi connectivity index (χ3v) is 4.42. The molecule has 0 radical (unpaired) electrons. The molecule has 1 amide bonds. The molecule has 2 heterocycles. The Balaban J connectivity index is 1.87. The molecule has 0 aromatic heterocycles. The lowest BCUT2D eigenvalue weighted by Gasteiger charge is -2.38. The van der Waals surface area contributed by atoms with Crippen LogP contribution in [0.4, 0.5) is 11.4 Å². The average Bonchev–Trinajstić information content (AvgIpc) is 2.88. The fourth-order valence-corrected chi connectivity index (χ4v) is 3.37. The first kappa shape index (κ1) is 14.0. The van der Waals surface area contributed by atoms with E-state index in [1.165, 1.54) is 0 Å². The Morgan fingerprint density at radius 2 is 2.33 bits per heavy atom. The van der Waals surface area contributed by atoms with E-state index in [0.717, 1.165) is 37.2 Å². The third-order valence-electron chi connectivity index (χ3n) is 4.42. The molecule has 0 bridgehead atoms. The van der Waals surface area contributed by atoms with E-state index in [2.05, 4.69) is 17.1 Å². The second-order valence-corrected chi connectivity index (χ2v) is 5.79. The molecule has 3 N–H and O–H groups in total. The van der Waals surface area contributed by atoms with E-state index in [-0.39, 0.29) is 17.9 Å². The fourth-order valence-electron chi connectivity index (χ4n) is 3.37. The van der Waals surface area contributed by atoms with Crippen LogP contribution in [0.15, 0.2) is 18.2 Å². The zero-order valence-electron chi connectivity index (χ0n) is 12.5. The van der Waals surface area contributed by atoms with Crippen molar-refractivity contribution in [2.24, 2.45) is 5.92 Å². The highest BCUT2D eigenvalue weighted by atomic mass is 16.5. The van der Waals surface area contributed by atoms with E-state index in [1.54, 1.807) is 0 Å². The molecule has 1 aromatic rings. The summed E-state index contributed by atoms with van der Waals surface area (Å²) in [6.07, 6.45) is 2.95. The molecule has 2 atom stereocenters. The summed E-state index contributed by atoms with van der Waals surface area (Å²) in [5.41, 5.74) is 7.98. The van der Waals surface area contributed by atoms with Crippen LogP contribution in [0, 0.1) is 5.92 Å². The molecule has 2 fully saturated rings. The Hall–Kier alpha value is -1.91. The van der Waals surface area contributed by atoms with Gasteiger partial charge in [-0.1, -0.05) is 13.0 Å². The first-order chi connectivity index (χ1) is 10.2. The van der Waals surface area contributed by atoms with Crippen LogP contribution in [0.5, 0.6) is 5.75 Å². The quantitative estimate of drug-likeness (QED) is 0.829. The largest absolute Gasteiger partial charge is 0.491 e. The van der Waals surface area contributed by atoms with Gasteiger partial charge in [0.2, 0.25) is 5.91 Å². The van der Waals surface area contributed by atoms with E-state index < -0.39 is 0 Å². The molecule has 5 nitrogen and oxygen atoms in total. The van der Waals surface area contributed by atoms with Gasteiger partial charge in [-0.3, -0.25) is 4.79 Å². The molecular weight excluding hydrogens is 266 g/mol. The minimum atomic E-state index is 0.0957. The summed E-state index contributed by atoms with van der Waals surface area (Å²) in [5, 5.41) is 2.98. The highest BCUT2D eigenvalue weighted by Gasteiger charge is 2.41. The number of nitrogens with one attached hydrogen (secondary N) is 1. The van der Waals surface area contributed by atoms with Crippen molar-refractivity contribution in [2.45, 2.75) is 32.2 Å². The molecule has 5 heteroatoms. The van der Waals surface area contributed by atoms with Crippen LogP contribution in [-0.2, 0) is 4.79 Å². The van der Waals surface area contributed by atoms with Gasteiger partial charge in [0.25, 0.3) is 0 Å². The maximum Gasteiger partial charge on any atom is 0.225 e. The normalized spacial score (nSPS) is 24.6. The maximum atomic E-state index is 11.9. The minimum Gasteiger partial charge on any atom is -0.491 e. The highest BCUT2D eigenvalue weighted by molar-refractivity contribution is 5.84. The number of rotatable bonds is 4. The summed E-state index contributed by atoms with van der Waals surface area (Å²) < 4.78 is 5.72. The van der Waals surface area contributed by atoms with Crippen molar-refractivity contribution in [1.29, 1.82) is 0 Å². The summed E-state index contributed by atoms with van der Waals surface area (Å²) >= 11 is 0. The number of piperidine rings is 1. The Kier molecular flexibility index (Phi) is 3.90. The van der Waals surface area contributed by atoms with Crippen molar-refractivity contribution >= 4 is 17.3 Å². The standard InChI is InChI=1S/C16H23N3O2/c1-2-9-21-14-7-3-6-12(15(14)17)19-8-4-5-11-13(19)10-18-16(11)20/h3,6-7,11,13H,2,4-5,8-10,17H2,1H3,(H,18,20). The van der Waals surface area contributed by atoms with E-state index in [4.69, 9.17) is 10.5 Å². The predicted octanol–water partition coefficient (Wildman–Crippen LogP) is 1.77. The summed E-state index contributed by atoms with van der Waals surface area (Å²) in [6.45, 7) is 4.39. The molecule has 3 rings (SSSR count). The molecule has 21 heavy (non-hydrogen) atoms. The number of amides is 1. The van der Waals surface area contributed by atoms with Gasteiger partial charge >= 0.3 is 0 Å². The third kappa shape index (κ3) is 2.52. The minimum absolute atomic E-state index is 0.0957. The Bertz CT molecular complexity index is 532. The summed E-state index contributed by atoms with van der Waals surface area (Å²) in [7, 11) is 0. The summed E-state index contributed by atoms with van der Waals surface area (Å²) in [6, 6.07) is 6.13. The van der Waals surface area contributed by atoms with Crippen LogP contribution in [0.2, 0.25) is 0 Å². The van der Waals surface area contributed by atoms with Crippen LogP contribution in [0.25, 0.3) is 0 Å². The molecule has 2 aliphatic heterocycles. The van der Waals surface area contributed by atoms with Gasteiger partial charge in [-0.15, -0.1) is 0 Å². The molecular formula is C16H23N3O2. The van der Waals surface area contributed by atoms with Crippen molar-refractivity contribution < 1.29 is 9.53 Å². The van der Waals surface area contributed by atoms with E-state index in [1.807, 2.05) is 18.2 Å². The number of benzene rings is 1. The summed E-state index contributed by atoms with van der Waals surface area (Å²) in [4.78, 5) is 14.2. The predicted molar refractivity (Wildman–Crippen MR) is 83.5 cm³/mol. The van der Waals surface area contributed by atoms with Crippen molar-refractivity contribution in [2.75, 3.05) is 30.3 Å². The first-order valence-corrected chi connectivity index (χ1v) is 7.78. The van der Waals surface area contributed by atoms with Gasteiger partial charge in [0.05, 0.1) is 29.9 Å². The Morgan fingerprint density at radius 1 is 1.48 bits per heavy atom. The highest BCUT2D eigenvalue weighted by Crippen LogP contribution is 2.38. The van der Waals surface area contributed by atoms with Gasteiger partial charge in [0.15, 0.2) is 0 Å².